The zero-order chi connectivity index (χ0) is 24.1. The second-order valence-electron chi connectivity index (χ2n) is 9.46. The van der Waals surface area contributed by atoms with E-state index in [9.17, 15) is 14.7 Å². The molecule has 1 fully saturated rings. The van der Waals surface area contributed by atoms with Crippen LogP contribution in [0.1, 0.15) is 59.6 Å². The minimum atomic E-state index is -0.800. The van der Waals surface area contributed by atoms with Gasteiger partial charge in [-0.05, 0) is 48.9 Å². The Bertz CT molecular complexity index is 1280. The molecule has 0 bridgehead atoms. The van der Waals surface area contributed by atoms with Crippen LogP contribution in [0.15, 0.2) is 48.0 Å². The molecule has 1 saturated heterocycles. The zero-order valence-corrected chi connectivity index (χ0v) is 20.4. The number of carbonyl (C=O) groups is 2. The van der Waals surface area contributed by atoms with Gasteiger partial charge in [0.1, 0.15) is 10.8 Å². The number of anilines is 1. The molecule has 0 aliphatic carbocycles. The van der Waals surface area contributed by atoms with Gasteiger partial charge in [0.2, 0.25) is 5.13 Å². The number of aliphatic hydroxyl groups excluding tert-OH is 1. The van der Waals surface area contributed by atoms with Crippen molar-refractivity contribution >= 4 is 33.9 Å². The first-order valence-corrected chi connectivity index (χ1v) is 11.6. The second-order valence-corrected chi connectivity index (χ2v) is 10.6. The first-order chi connectivity index (χ1) is 15.5. The first kappa shape index (κ1) is 22.9. The molecule has 0 saturated carbocycles. The quantitative estimate of drug-likeness (QED) is 0.321. The van der Waals surface area contributed by atoms with E-state index in [-0.39, 0.29) is 16.7 Å². The van der Waals surface area contributed by atoms with Crippen molar-refractivity contribution in [3.63, 3.8) is 0 Å². The van der Waals surface area contributed by atoms with E-state index in [1.807, 2.05) is 56.3 Å². The number of Topliss-reactive ketones (excluding diaryl/α,β-unsaturated/α-hetero) is 1. The van der Waals surface area contributed by atoms with E-state index >= 15 is 0 Å². The molecule has 1 aliphatic heterocycles. The van der Waals surface area contributed by atoms with Crippen molar-refractivity contribution in [2.45, 2.75) is 53.0 Å². The van der Waals surface area contributed by atoms with E-state index in [1.165, 1.54) is 16.2 Å². The summed E-state index contributed by atoms with van der Waals surface area (Å²) in [6.07, 6.45) is 0. The Balaban J connectivity index is 1.95. The third-order valence-corrected chi connectivity index (χ3v) is 6.74. The maximum atomic E-state index is 13.3. The van der Waals surface area contributed by atoms with Gasteiger partial charge in [0.15, 0.2) is 0 Å². The summed E-state index contributed by atoms with van der Waals surface area (Å²) >= 11 is 1.24. The summed E-state index contributed by atoms with van der Waals surface area (Å²) in [7, 11) is 0. The van der Waals surface area contributed by atoms with Gasteiger partial charge in [-0.15, -0.1) is 10.2 Å². The number of aryl methyl sites for hydroxylation is 3. The maximum Gasteiger partial charge on any atom is 0.301 e. The lowest BCUT2D eigenvalue weighted by Crippen LogP contribution is -2.29. The molecule has 4 rings (SSSR count). The van der Waals surface area contributed by atoms with Crippen molar-refractivity contribution in [1.29, 1.82) is 0 Å². The van der Waals surface area contributed by atoms with Crippen LogP contribution in [0.4, 0.5) is 5.13 Å². The molecule has 1 aromatic heterocycles. The summed E-state index contributed by atoms with van der Waals surface area (Å²) in [5, 5.41) is 20.5. The van der Waals surface area contributed by atoms with E-state index in [0.717, 1.165) is 22.3 Å². The van der Waals surface area contributed by atoms with Gasteiger partial charge < -0.3 is 5.11 Å². The van der Waals surface area contributed by atoms with Crippen LogP contribution in [0, 0.1) is 20.8 Å². The van der Waals surface area contributed by atoms with Crippen LogP contribution in [0.2, 0.25) is 0 Å². The summed E-state index contributed by atoms with van der Waals surface area (Å²) in [5.74, 6) is -1.63. The van der Waals surface area contributed by atoms with Crippen LogP contribution in [0.3, 0.4) is 0 Å². The third-order valence-electron chi connectivity index (χ3n) is 5.91. The number of ketones is 1. The van der Waals surface area contributed by atoms with Gasteiger partial charge in [-0.3, -0.25) is 14.5 Å². The molecule has 1 atom stereocenters. The van der Waals surface area contributed by atoms with Gasteiger partial charge in [-0.25, -0.2) is 0 Å². The van der Waals surface area contributed by atoms with Crippen molar-refractivity contribution in [3.8, 4) is 0 Å². The molecule has 33 heavy (non-hydrogen) atoms. The van der Waals surface area contributed by atoms with Gasteiger partial charge in [0.25, 0.3) is 5.78 Å². The van der Waals surface area contributed by atoms with E-state index in [0.29, 0.717) is 15.7 Å². The van der Waals surface area contributed by atoms with Gasteiger partial charge >= 0.3 is 5.91 Å². The van der Waals surface area contributed by atoms with Gasteiger partial charge in [0, 0.05) is 5.56 Å². The van der Waals surface area contributed by atoms with Crippen LogP contribution in [0.25, 0.3) is 5.76 Å². The molecule has 0 spiro atoms. The molecule has 2 heterocycles. The van der Waals surface area contributed by atoms with Crippen molar-refractivity contribution in [2.24, 2.45) is 0 Å². The fraction of sp³-hybridized carbons (Fsp3) is 0.308. The van der Waals surface area contributed by atoms with Crippen LogP contribution < -0.4 is 4.90 Å². The second kappa shape index (κ2) is 8.23. The number of nitrogens with zero attached hydrogens (tertiary/aromatic N) is 3. The topological polar surface area (TPSA) is 83.4 Å². The monoisotopic (exact) mass is 461 g/mol. The standard InChI is InChI=1S/C26H27N3O3S/c1-14-7-8-15(2)19(13-14)22(30)20-21(17-9-11-18(12-10-17)26(4,5)6)29(24(32)23(20)31)25-28-27-16(3)33-25/h7-13,21,30H,1-6H3/t21-/m0/s1. The Kier molecular flexibility index (Phi) is 5.70. The van der Waals surface area contributed by atoms with Crippen LogP contribution in [-0.2, 0) is 15.0 Å². The highest BCUT2D eigenvalue weighted by molar-refractivity contribution is 7.15. The minimum Gasteiger partial charge on any atom is -0.507 e. The number of rotatable bonds is 3. The van der Waals surface area contributed by atoms with Crippen molar-refractivity contribution in [1.82, 2.24) is 10.2 Å². The van der Waals surface area contributed by atoms with Crippen molar-refractivity contribution < 1.29 is 14.7 Å². The van der Waals surface area contributed by atoms with Gasteiger partial charge in [-0.1, -0.05) is 74.1 Å². The van der Waals surface area contributed by atoms with Crippen molar-refractivity contribution in [3.05, 3.63) is 80.9 Å². The summed E-state index contributed by atoms with van der Waals surface area (Å²) in [4.78, 5) is 27.8. The fourth-order valence-electron chi connectivity index (χ4n) is 4.03. The number of hydrogen-bond donors (Lipinski definition) is 1. The Labute approximate surface area is 197 Å². The molecule has 0 unspecified atom stereocenters. The molecule has 1 N–H and O–H groups in total. The maximum absolute atomic E-state index is 13.3. The minimum absolute atomic E-state index is 0.0463. The lowest BCUT2D eigenvalue weighted by molar-refractivity contribution is -0.132. The average Bonchev–Trinajstić information content (AvgIpc) is 3.29. The number of aliphatic hydroxyl groups is 1. The predicted octanol–water partition coefficient (Wildman–Crippen LogP) is 5.39. The first-order valence-electron chi connectivity index (χ1n) is 10.8. The Morgan fingerprint density at radius 3 is 2.24 bits per heavy atom. The average molecular weight is 462 g/mol. The van der Waals surface area contributed by atoms with Crippen LogP contribution in [-0.4, -0.2) is 27.0 Å². The Morgan fingerprint density at radius 2 is 1.67 bits per heavy atom. The highest BCUT2D eigenvalue weighted by Crippen LogP contribution is 2.43. The number of hydrogen-bond acceptors (Lipinski definition) is 6. The molecule has 3 aromatic rings. The summed E-state index contributed by atoms with van der Waals surface area (Å²) in [6, 6.07) is 12.7. The highest BCUT2D eigenvalue weighted by atomic mass is 32.1. The number of amides is 1. The molecule has 7 heteroatoms. The SMILES string of the molecule is Cc1ccc(C)c(C(O)=C2C(=O)C(=O)N(c3nnc(C)s3)[C@H]2c2ccc(C(C)(C)C)cc2)c1. The van der Waals surface area contributed by atoms with E-state index in [2.05, 4.69) is 31.0 Å². The summed E-state index contributed by atoms with van der Waals surface area (Å²) in [6.45, 7) is 11.9. The molecule has 1 aliphatic rings. The molecular formula is C26H27N3O3S. The van der Waals surface area contributed by atoms with Crippen LogP contribution >= 0.6 is 11.3 Å². The molecule has 0 radical (unpaired) electrons. The smallest absolute Gasteiger partial charge is 0.301 e. The fourth-order valence-corrected chi connectivity index (χ4v) is 4.74. The van der Waals surface area contributed by atoms with E-state index < -0.39 is 17.7 Å². The lowest BCUT2D eigenvalue weighted by Gasteiger charge is -2.24. The Hall–Kier alpha value is -3.32. The third kappa shape index (κ3) is 4.09. The van der Waals surface area contributed by atoms with Crippen molar-refractivity contribution in [2.75, 3.05) is 4.90 Å². The normalized spacial score (nSPS) is 18.2. The Morgan fingerprint density at radius 1 is 1.00 bits per heavy atom. The number of benzene rings is 2. The number of aromatic nitrogens is 2. The molecular weight excluding hydrogens is 434 g/mol. The largest absolute Gasteiger partial charge is 0.507 e. The number of carbonyl (C=O) groups excluding carboxylic acids is 2. The van der Waals surface area contributed by atoms with E-state index in [4.69, 9.17) is 0 Å². The van der Waals surface area contributed by atoms with E-state index in [1.54, 1.807) is 6.92 Å². The van der Waals surface area contributed by atoms with Gasteiger partial charge in [0.05, 0.1) is 11.6 Å². The summed E-state index contributed by atoms with van der Waals surface area (Å²) in [5.41, 5.74) is 4.17. The zero-order valence-electron chi connectivity index (χ0n) is 19.6. The molecule has 1 amide bonds. The molecule has 6 nitrogen and oxygen atoms in total. The lowest BCUT2D eigenvalue weighted by atomic mass is 9.85. The highest BCUT2D eigenvalue weighted by Gasteiger charge is 2.48. The van der Waals surface area contributed by atoms with Gasteiger partial charge in [-0.2, -0.15) is 0 Å². The molecule has 170 valence electrons. The summed E-state index contributed by atoms with van der Waals surface area (Å²) < 4.78 is 0. The van der Waals surface area contributed by atoms with Crippen LogP contribution in [0.5, 0.6) is 0 Å². The predicted molar refractivity (Wildman–Crippen MR) is 130 cm³/mol. The molecule has 2 aromatic carbocycles.